The number of carbonyl (C=O) groups is 2. The van der Waals surface area contributed by atoms with Crippen molar-refractivity contribution in [2.24, 2.45) is 5.73 Å². The van der Waals surface area contributed by atoms with E-state index in [1.54, 1.807) is 7.11 Å². The molecule has 0 spiro atoms. The third-order valence-corrected chi connectivity index (χ3v) is 3.72. The zero-order chi connectivity index (χ0) is 17.9. The summed E-state index contributed by atoms with van der Waals surface area (Å²) < 4.78 is 5.26. The Morgan fingerprint density at radius 1 is 1.25 bits per heavy atom. The van der Waals surface area contributed by atoms with Crippen LogP contribution in [0.5, 0.6) is 5.75 Å². The SMILES string of the molecule is COc1cccc([C@@H](CNC(=O)CCCCNC(N)=O)N(C)C)c1. The number of likely N-dealkylation sites (N-methyl/N-ethyl adjacent to an activating group) is 1. The van der Waals surface area contributed by atoms with Crippen LogP contribution in [0.15, 0.2) is 24.3 Å². The first kappa shape index (κ1) is 19.8. The van der Waals surface area contributed by atoms with Crippen LogP contribution in [-0.2, 0) is 4.79 Å². The van der Waals surface area contributed by atoms with Gasteiger partial charge in [-0.05, 0) is 44.6 Å². The maximum absolute atomic E-state index is 12.0. The third-order valence-electron chi connectivity index (χ3n) is 3.72. The summed E-state index contributed by atoms with van der Waals surface area (Å²) in [5.41, 5.74) is 6.07. The molecular formula is C17H28N4O3. The van der Waals surface area contributed by atoms with Crippen LogP contribution in [0.25, 0.3) is 0 Å². The van der Waals surface area contributed by atoms with E-state index in [9.17, 15) is 9.59 Å². The number of carbonyl (C=O) groups excluding carboxylic acids is 2. The Morgan fingerprint density at radius 3 is 2.62 bits per heavy atom. The summed E-state index contributed by atoms with van der Waals surface area (Å²) in [6, 6.07) is 7.38. The van der Waals surface area contributed by atoms with Gasteiger partial charge in [0.05, 0.1) is 13.2 Å². The van der Waals surface area contributed by atoms with E-state index in [1.807, 2.05) is 38.4 Å². The number of ether oxygens (including phenoxy) is 1. The molecule has 1 aromatic rings. The molecule has 3 amide bonds. The monoisotopic (exact) mass is 336 g/mol. The number of rotatable bonds is 10. The highest BCUT2D eigenvalue weighted by atomic mass is 16.5. The highest BCUT2D eigenvalue weighted by Gasteiger charge is 2.15. The van der Waals surface area contributed by atoms with E-state index in [0.717, 1.165) is 17.7 Å². The molecule has 0 heterocycles. The molecule has 7 heteroatoms. The van der Waals surface area contributed by atoms with Crippen LogP contribution in [0, 0.1) is 0 Å². The van der Waals surface area contributed by atoms with Gasteiger partial charge in [0.25, 0.3) is 0 Å². The molecule has 0 aliphatic rings. The van der Waals surface area contributed by atoms with Gasteiger partial charge in [-0.1, -0.05) is 12.1 Å². The number of urea groups is 1. The molecule has 0 radical (unpaired) electrons. The van der Waals surface area contributed by atoms with Crippen molar-refractivity contribution in [3.63, 3.8) is 0 Å². The second kappa shape index (κ2) is 10.5. The lowest BCUT2D eigenvalue weighted by molar-refractivity contribution is -0.121. The van der Waals surface area contributed by atoms with Gasteiger partial charge in [-0.2, -0.15) is 0 Å². The molecule has 7 nitrogen and oxygen atoms in total. The maximum Gasteiger partial charge on any atom is 0.312 e. The van der Waals surface area contributed by atoms with E-state index < -0.39 is 6.03 Å². The number of hydrogen-bond donors (Lipinski definition) is 3. The van der Waals surface area contributed by atoms with E-state index >= 15 is 0 Å². The number of benzene rings is 1. The lowest BCUT2D eigenvalue weighted by atomic mass is 10.1. The van der Waals surface area contributed by atoms with Gasteiger partial charge < -0.3 is 26.0 Å². The van der Waals surface area contributed by atoms with Crippen LogP contribution in [0.4, 0.5) is 4.79 Å². The van der Waals surface area contributed by atoms with E-state index in [-0.39, 0.29) is 11.9 Å². The van der Waals surface area contributed by atoms with E-state index in [4.69, 9.17) is 10.5 Å². The number of methoxy groups -OCH3 is 1. The third kappa shape index (κ3) is 7.32. The van der Waals surface area contributed by atoms with Crippen molar-refractivity contribution in [1.82, 2.24) is 15.5 Å². The normalized spacial score (nSPS) is 11.8. The molecule has 4 N–H and O–H groups in total. The summed E-state index contributed by atoms with van der Waals surface area (Å²) in [4.78, 5) is 24.6. The summed E-state index contributed by atoms with van der Waals surface area (Å²) in [5.74, 6) is 0.802. The number of unbranched alkanes of at least 4 members (excludes halogenated alkanes) is 1. The lowest BCUT2D eigenvalue weighted by Crippen LogP contribution is -2.34. The molecule has 0 aromatic heterocycles. The highest BCUT2D eigenvalue weighted by molar-refractivity contribution is 5.75. The van der Waals surface area contributed by atoms with Gasteiger partial charge in [-0.3, -0.25) is 4.79 Å². The van der Waals surface area contributed by atoms with Crippen molar-refractivity contribution in [2.75, 3.05) is 34.3 Å². The highest BCUT2D eigenvalue weighted by Crippen LogP contribution is 2.22. The fourth-order valence-corrected chi connectivity index (χ4v) is 2.37. The first-order valence-electron chi connectivity index (χ1n) is 8.04. The molecule has 0 bridgehead atoms. The molecule has 0 aliphatic carbocycles. The van der Waals surface area contributed by atoms with Crippen molar-refractivity contribution in [1.29, 1.82) is 0 Å². The summed E-state index contributed by atoms with van der Waals surface area (Å²) in [6.45, 7) is 1.02. The molecule has 134 valence electrons. The topological polar surface area (TPSA) is 96.7 Å². The maximum atomic E-state index is 12.0. The average molecular weight is 336 g/mol. The molecule has 0 unspecified atom stereocenters. The lowest BCUT2D eigenvalue weighted by Gasteiger charge is -2.25. The summed E-state index contributed by atoms with van der Waals surface area (Å²) in [6.07, 6.45) is 1.86. The van der Waals surface area contributed by atoms with Crippen LogP contribution < -0.4 is 21.1 Å². The molecule has 0 aliphatic heterocycles. The molecule has 0 saturated heterocycles. The smallest absolute Gasteiger partial charge is 0.312 e. The quantitative estimate of drug-likeness (QED) is 0.560. The summed E-state index contributed by atoms with van der Waals surface area (Å²) in [7, 11) is 5.59. The van der Waals surface area contributed by atoms with Gasteiger partial charge in [0.1, 0.15) is 5.75 Å². The Bertz CT molecular complexity index is 534. The second-order valence-electron chi connectivity index (χ2n) is 5.81. The zero-order valence-electron chi connectivity index (χ0n) is 14.7. The first-order valence-corrected chi connectivity index (χ1v) is 8.04. The molecule has 1 atom stereocenters. The predicted octanol–water partition coefficient (Wildman–Crippen LogP) is 1.25. The molecular weight excluding hydrogens is 308 g/mol. The van der Waals surface area contributed by atoms with E-state index in [0.29, 0.717) is 25.9 Å². The van der Waals surface area contributed by atoms with Crippen LogP contribution in [0.1, 0.15) is 30.9 Å². The van der Waals surface area contributed by atoms with Gasteiger partial charge in [0, 0.05) is 19.5 Å². The van der Waals surface area contributed by atoms with Crippen LogP contribution in [-0.4, -0.2) is 51.1 Å². The minimum Gasteiger partial charge on any atom is -0.497 e. The minimum atomic E-state index is -0.536. The van der Waals surface area contributed by atoms with Crippen LogP contribution >= 0.6 is 0 Å². The molecule has 24 heavy (non-hydrogen) atoms. The van der Waals surface area contributed by atoms with Crippen molar-refractivity contribution in [2.45, 2.75) is 25.3 Å². The Hall–Kier alpha value is -2.28. The molecule has 1 rings (SSSR count). The Morgan fingerprint density at radius 2 is 2.00 bits per heavy atom. The van der Waals surface area contributed by atoms with Gasteiger partial charge in [-0.15, -0.1) is 0 Å². The van der Waals surface area contributed by atoms with Crippen LogP contribution in [0.3, 0.4) is 0 Å². The van der Waals surface area contributed by atoms with E-state index in [2.05, 4.69) is 15.5 Å². The molecule has 1 aromatic carbocycles. The summed E-state index contributed by atoms with van der Waals surface area (Å²) in [5, 5.41) is 5.47. The van der Waals surface area contributed by atoms with Crippen LogP contribution in [0.2, 0.25) is 0 Å². The van der Waals surface area contributed by atoms with Crippen molar-refractivity contribution < 1.29 is 14.3 Å². The van der Waals surface area contributed by atoms with Crippen molar-refractivity contribution in [3.8, 4) is 5.75 Å². The number of nitrogens with two attached hydrogens (primary N) is 1. The molecule has 0 saturated carbocycles. The van der Waals surface area contributed by atoms with Gasteiger partial charge in [0.15, 0.2) is 0 Å². The Kier molecular flexibility index (Phi) is 8.64. The Balaban J connectivity index is 2.43. The number of nitrogens with one attached hydrogen (secondary N) is 2. The number of hydrogen-bond acceptors (Lipinski definition) is 4. The van der Waals surface area contributed by atoms with Crippen molar-refractivity contribution >= 4 is 11.9 Å². The number of amides is 3. The standard InChI is InChI=1S/C17H28N4O3/c1-21(2)15(13-7-6-8-14(11-13)24-3)12-20-16(22)9-4-5-10-19-17(18)23/h6-8,11,15H,4-5,9-10,12H2,1-3H3,(H,20,22)(H3,18,19,23)/t15-/m1/s1. The Labute approximate surface area is 143 Å². The minimum absolute atomic E-state index is 0.00354. The van der Waals surface area contributed by atoms with Crippen molar-refractivity contribution in [3.05, 3.63) is 29.8 Å². The first-order chi connectivity index (χ1) is 11.4. The predicted molar refractivity (Wildman–Crippen MR) is 93.9 cm³/mol. The number of primary amides is 1. The zero-order valence-corrected chi connectivity index (χ0v) is 14.7. The summed E-state index contributed by atoms with van der Waals surface area (Å²) >= 11 is 0. The average Bonchev–Trinajstić information content (AvgIpc) is 2.54. The van der Waals surface area contributed by atoms with Gasteiger partial charge in [-0.25, -0.2) is 4.79 Å². The molecule has 0 fully saturated rings. The fraction of sp³-hybridized carbons (Fsp3) is 0.529. The largest absolute Gasteiger partial charge is 0.497 e. The van der Waals surface area contributed by atoms with Gasteiger partial charge >= 0.3 is 6.03 Å². The van der Waals surface area contributed by atoms with Gasteiger partial charge in [0.2, 0.25) is 5.91 Å². The fourth-order valence-electron chi connectivity index (χ4n) is 2.37. The van der Waals surface area contributed by atoms with E-state index in [1.165, 1.54) is 0 Å². The second-order valence-corrected chi connectivity index (χ2v) is 5.81. The number of nitrogens with zero attached hydrogens (tertiary/aromatic N) is 1.